The quantitative estimate of drug-likeness (QED) is 0.113. The third kappa shape index (κ3) is 25.3. The monoisotopic (exact) mass is 471 g/mol. The predicted molar refractivity (Wildman–Crippen MR) is 114 cm³/mol. The van der Waals surface area contributed by atoms with Crippen LogP contribution in [0.2, 0.25) is 0 Å². The summed E-state index contributed by atoms with van der Waals surface area (Å²) in [5.74, 6) is -0.556. The molecule has 0 fully saturated rings. The maximum atomic E-state index is 11.3. The van der Waals surface area contributed by atoms with Gasteiger partial charge in [-0.2, -0.15) is 0 Å². The van der Waals surface area contributed by atoms with Gasteiger partial charge in [0.25, 0.3) is 0 Å². The molecule has 12 heteroatoms. The van der Waals surface area contributed by atoms with Crippen molar-refractivity contribution in [2.45, 2.75) is 6.10 Å². The molecule has 0 aliphatic heterocycles. The highest BCUT2D eigenvalue weighted by molar-refractivity contribution is 5.70. The lowest BCUT2D eigenvalue weighted by atomic mass is 10.4. The van der Waals surface area contributed by atoms with Crippen molar-refractivity contribution in [3.05, 3.63) is 0 Å². The number of esters is 1. The number of carbonyl (C=O) groups is 1. The van der Waals surface area contributed by atoms with Gasteiger partial charge in [0.15, 0.2) is 0 Å². The van der Waals surface area contributed by atoms with Crippen molar-refractivity contribution in [3.63, 3.8) is 0 Å². The van der Waals surface area contributed by atoms with Gasteiger partial charge in [-0.1, -0.05) is 0 Å². The lowest BCUT2D eigenvalue weighted by Crippen LogP contribution is -2.28. The zero-order valence-electron chi connectivity index (χ0n) is 19.2. The Bertz CT molecular complexity index is 391. The molecule has 0 unspecified atom stereocenters. The van der Waals surface area contributed by atoms with Crippen LogP contribution >= 0.6 is 0 Å². The lowest BCUT2D eigenvalue weighted by molar-refractivity contribution is -0.152. The second-order valence-electron chi connectivity index (χ2n) is 6.29. The van der Waals surface area contributed by atoms with Crippen LogP contribution in [0.4, 0.5) is 0 Å². The first-order valence-corrected chi connectivity index (χ1v) is 10.8. The van der Waals surface area contributed by atoms with E-state index in [2.05, 4.69) is 0 Å². The van der Waals surface area contributed by atoms with Crippen molar-refractivity contribution < 1.29 is 52.5 Å². The molecule has 0 aliphatic rings. The fourth-order valence-corrected chi connectivity index (χ4v) is 1.92. The molecule has 0 bridgehead atoms. The summed E-state index contributed by atoms with van der Waals surface area (Å²) in [5.41, 5.74) is 5.20. The van der Waals surface area contributed by atoms with Gasteiger partial charge >= 0.3 is 5.97 Å². The van der Waals surface area contributed by atoms with E-state index in [4.69, 9.17) is 53.5 Å². The van der Waals surface area contributed by atoms with Crippen molar-refractivity contribution >= 4 is 5.97 Å². The van der Waals surface area contributed by atoms with E-state index >= 15 is 0 Å². The van der Waals surface area contributed by atoms with Gasteiger partial charge in [-0.3, -0.25) is 0 Å². The fraction of sp³-hybridized carbons (Fsp3) is 0.950. The van der Waals surface area contributed by atoms with Gasteiger partial charge in [0.2, 0.25) is 0 Å². The molecule has 0 heterocycles. The Labute approximate surface area is 190 Å². The molecule has 1 atom stereocenters. The van der Waals surface area contributed by atoms with Gasteiger partial charge in [-0.15, -0.1) is 0 Å². The molecule has 0 rings (SSSR count). The minimum Gasteiger partial charge on any atom is -0.461 e. The fourth-order valence-electron chi connectivity index (χ4n) is 1.92. The highest BCUT2D eigenvalue weighted by Gasteiger charge is 2.07. The highest BCUT2D eigenvalue weighted by atomic mass is 16.6. The second kappa shape index (κ2) is 26.3. The van der Waals surface area contributed by atoms with Crippen LogP contribution in [0.5, 0.6) is 0 Å². The molecule has 0 radical (unpaired) electrons. The van der Waals surface area contributed by atoms with E-state index in [0.717, 1.165) is 0 Å². The summed E-state index contributed by atoms with van der Waals surface area (Å²) in [4.78, 5) is 11.3. The van der Waals surface area contributed by atoms with E-state index in [0.29, 0.717) is 85.9 Å². The summed E-state index contributed by atoms with van der Waals surface area (Å²) < 4.78 is 46.8. The first-order valence-electron chi connectivity index (χ1n) is 10.8. The molecule has 0 saturated heterocycles. The number of rotatable bonds is 26. The topological polar surface area (TPSA) is 146 Å². The Morgan fingerprint density at radius 3 is 1.34 bits per heavy atom. The summed E-state index contributed by atoms with van der Waals surface area (Å²) in [5, 5.41) is 9.16. The van der Waals surface area contributed by atoms with E-state index in [9.17, 15) is 4.79 Å². The van der Waals surface area contributed by atoms with Gasteiger partial charge in [0.1, 0.15) is 19.3 Å². The zero-order chi connectivity index (χ0) is 23.5. The van der Waals surface area contributed by atoms with Crippen LogP contribution in [0.15, 0.2) is 0 Å². The molecule has 192 valence electrons. The van der Waals surface area contributed by atoms with Crippen molar-refractivity contribution in [1.29, 1.82) is 0 Å². The van der Waals surface area contributed by atoms with Gasteiger partial charge in [-0.05, 0) is 0 Å². The molecule has 0 aromatic heterocycles. The Balaban J connectivity index is 3.10. The first-order chi connectivity index (χ1) is 15.7. The molecule has 32 heavy (non-hydrogen) atoms. The number of nitrogens with two attached hydrogens (primary N) is 1. The van der Waals surface area contributed by atoms with E-state index in [1.807, 2.05) is 0 Å². The Morgan fingerprint density at radius 2 is 1.00 bits per heavy atom. The third-order valence-corrected chi connectivity index (χ3v) is 3.59. The van der Waals surface area contributed by atoms with Gasteiger partial charge in [-0.25, -0.2) is 4.79 Å². The summed E-state index contributed by atoms with van der Waals surface area (Å²) in [6.45, 7) is 6.34. The molecule has 0 spiro atoms. The third-order valence-electron chi connectivity index (χ3n) is 3.59. The lowest BCUT2D eigenvalue weighted by Gasteiger charge is -2.09. The highest BCUT2D eigenvalue weighted by Crippen LogP contribution is 1.88. The van der Waals surface area contributed by atoms with Crippen molar-refractivity contribution in [3.8, 4) is 0 Å². The van der Waals surface area contributed by atoms with Crippen molar-refractivity contribution in [2.24, 2.45) is 5.73 Å². The maximum absolute atomic E-state index is 11.3. The van der Waals surface area contributed by atoms with Crippen molar-refractivity contribution in [1.82, 2.24) is 0 Å². The number of aliphatic hydroxyl groups excluding tert-OH is 1. The van der Waals surface area contributed by atoms with E-state index < -0.39 is 12.1 Å². The number of hydrogen-bond acceptors (Lipinski definition) is 12. The van der Waals surface area contributed by atoms with Crippen LogP contribution in [0.3, 0.4) is 0 Å². The smallest absolute Gasteiger partial charge is 0.332 e. The van der Waals surface area contributed by atoms with Crippen LogP contribution in [-0.2, 0) is 47.4 Å². The summed E-state index contributed by atoms with van der Waals surface area (Å²) in [7, 11) is 1.63. The molecule has 0 aromatic carbocycles. The first kappa shape index (κ1) is 31.1. The molecular formula is C20H41NO11. The molecule has 0 aromatic rings. The average molecular weight is 472 g/mol. The minimum atomic E-state index is -0.853. The summed E-state index contributed by atoms with van der Waals surface area (Å²) >= 11 is 0. The van der Waals surface area contributed by atoms with Crippen LogP contribution < -0.4 is 5.73 Å². The van der Waals surface area contributed by atoms with Gasteiger partial charge in [0.05, 0.1) is 92.5 Å². The SMILES string of the molecule is COCCOCCOCCOCCOCCOCCOCCOCC(=O)OC[C@@H](O)CN. The average Bonchev–Trinajstić information content (AvgIpc) is 2.80. The van der Waals surface area contributed by atoms with Crippen molar-refractivity contribution in [2.75, 3.05) is 119 Å². The molecule has 12 nitrogen and oxygen atoms in total. The standard InChI is InChI=1S/C20H41NO11/c1-24-2-3-25-4-5-26-6-7-27-8-9-28-10-11-29-12-13-30-14-15-31-18-20(23)32-17-19(22)16-21/h19,22H,2-18,21H2,1H3/t19-/m0/s1. The van der Waals surface area contributed by atoms with Crippen LogP contribution in [0, 0.1) is 0 Å². The number of carbonyl (C=O) groups excluding carboxylic acids is 1. The number of hydrogen-bond donors (Lipinski definition) is 2. The van der Waals surface area contributed by atoms with Crippen LogP contribution in [0.25, 0.3) is 0 Å². The molecule has 0 amide bonds. The Hall–Kier alpha value is -0.930. The summed E-state index contributed by atoms with van der Waals surface area (Å²) in [6, 6.07) is 0. The van der Waals surface area contributed by atoms with Crippen LogP contribution in [-0.4, -0.2) is 137 Å². The zero-order valence-corrected chi connectivity index (χ0v) is 19.2. The molecule has 0 saturated carbocycles. The normalized spacial score (nSPS) is 12.2. The van der Waals surface area contributed by atoms with E-state index in [1.165, 1.54) is 0 Å². The predicted octanol–water partition coefficient (Wildman–Crippen LogP) is -1.39. The molecular weight excluding hydrogens is 430 g/mol. The minimum absolute atomic E-state index is 0.0357. The largest absolute Gasteiger partial charge is 0.461 e. The Kier molecular flexibility index (Phi) is 25.6. The second-order valence-corrected chi connectivity index (χ2v) is 6.29. The molecule has 3 N–H and O–H groups in total. The van der Waals surface area contributed by atoms with Gasteiger partial charge in [0, 0.05) is 13.7 Å². The number of aliphatic hydroxyl groups is 1. The Morgan fingerprint density at radius 1 is 0.656 bits per heavy atom. The number of ether oxygens (including phenoxy) is 9. The maximum Gasteiger partial charge on any atom is 0.332 e. The van der Waals surface area contributed by atoms with Gasteiger partial charge < -0.3 is 53.5 Å². The summed E-state index contributed by atoms with van der Waals surface area (Å²) in [6.07, 6.45) is -0.853. The van der Waals surface area contributed by atoms with E-state index in [-0.39, 0.29) is 26.4 Å². The van der Waals surface area contributed by atoms with Crippen LogP contribution in [0.1, 0.15) is 0 Å². The van der Waals surface area contributed by atoms with E-state index in [1.54, 1.807) is 7.11 Å². The number of methoxy groups -OCH3 is 1. The molecule has 0 aliphatic carbocycles.